The van der Waals surface area contributed by atoms with Crippen molar-refractivity contribution in [2.24, 2.45) is 0 Å². The zero-order chi connectivity index (χ0) is 12.7. The van der Waals surface area contributed by atoms with Gasteiger partial charge in [0.25, 0.3) is 0 Å². The van der Waals surface area contributed by atoms with E-state index >= 15 is 0 Å². The fraction of sp³-hybridized carbons (Fsp3) is 0.462. The highest BCUT2D eigenvalue weighted by atomic mass is 16.5. The summed E-state index contributed by atoms with van der Waals surface area (Å²) in [5.41, 5.74) is 1.09. The Labute approximate surface area is 102 Å². The summed E-state index contributed by atoms with van der Waals surface area (Å²) < 4.78 is 5.46. The Morgan fingerprint density at radius 3 is 2.88 bits per heavy atom. The predicted octanol–water partition coefficient (Wildman–Crippen LogP) is 1.83. The molecule has 0 bridgehead atoms. The van der Waals surface area contributed by atoms with Gasteiger partial charge in [-0.25, -0.2) is 0 Å². The molecule has 1 aromatic rings. The Morgan fingerprint density at radius 1 is 1.53 bits per heavy atom. The Bertz CT molecular complexity index is 365. The van der Waals surface area contributed by atoms with Crippen LogP contribution in [0.1, 0.15) is 18.9 Å². The average molecular weight is 237 g/mol. The summed E-state index contributed by atoms with van der Waals surface area (Å²) in [7, 11) is 0. The number of nitrogens with one attached hydrogen (secondary N) is 1. The van der Waals surface area contributed by atoms with E-state index in [9.17, 15) is 4.79 Å². The normalized spacial score (nSPS) is 12.1. The molecule has 0 heterocycles. The van der Waals surface area contributed by atoms with Crippen LogP contribution in [0.15, 0.2) is 24.3 Å². The zero-order valence-corrected chi connectivity index (χ0v) is 10.3. The second kappa shape index (κ2) is 6.91. The van der Waals surface area contributed by atoms with Crippen LogP contribution < -0.4 is 10.1 Å². The van der Waals surface area contributed by atoms with Crippen LogP contribution in [0.25, 0.3) is 0 Å². The summed E-state index contributed by atoms with van der Waals surface area (Å²) in [6.45, 7) is 4.77. The van der Waals surface area contributed by atoms with Gasteiger partial charge in [0.1, 0.15) is 18.4 Å². The van der Waals surface area contributed by atoms with Crippen LogP contribution in [-0.2, 0) is 4.79 Å². The molecule has 17 heavy (non-hydrogen) atoms. The quantitative estimate of drug-likeness (QED) is 0.759. The molecule has 0 aliphatic carbocycles. The number of hydrogen-bond acceptors (Lipinski definition) is 3. The summed E-state index contributed by atoms with van der Waals surface area (Å²) >= 11 is 0. The maximum Gasteiger partial charge on any atom is 0.324 e. The molecule has 1 atom stereocenters. The molecule has 0 saturated heterocycles. The maximum atomic E-state index is 11.0. The van der Waals surface area contributed by atoms with Gasteiger partial charge in [0, 0.05) is 0 Å². The van der Waals surface area contributed by atoms with Crippen molar-refractivity contribution in [3.05, 3.63) is 29.8 Å². The second-order valence-corrected chi connectivity index (χ2v) is 3.97. The molecule has 0 aliphatic rings. The van der Waals surface area contributed by atoms with E-state index in [0.717, 1.165) is 12.0 Å². The number of aryl methyl sites for hydroxylation is 1. The van der Waals surface area contributed by atoms with Crippen molar-refractivity contribution in [2.75, 3.05) is 13.2 Å². The van der Waals surface area contributed by atoms with E-state index in [1.54, 1.807) is 0 Å². The van der Waals surface area contributed by atoms with Gasteiger partial charge >= 0.3 is 5.97 Å². The van der Waals surface area contributed by atoms with Gasteiger partial charge in [0.05, 0.1) is 0 Å². The number of aliphatic carboxylic acids is 1. The van der Waals surface area contributed by atoms with E-state index < -0.39 is 12.0 Å². The number of carboxylic acids is 1. The molecule has 4 nitrogen and oxygen atoms in total. The number of benzene rings is 1. The molecule has 0 spiro atoms. The fourth-order valence-electron chi connectivity index (χ4n) is 1.42. The number of ether oxygens (including phenoxy) is 1. The molecular formula is C13H19NO3. The van der Waals surface area contributed by atoms with Gasteiger partial charge in [-0.1, -0.05) is 19.1 Å². The van der Waals surface area contributed by atoms with Crippen LogP contribution in [0.2, 0.25) is 0 Å². The Balaban J connectivity index is 2.48. The molecule has 0 aliphatic heterocycles. The molecule has 2 N–H and O–H groups in total. The summed E-state index contributed by atoms with van der Waals surface area (Å²) in [6.07, 6.45) is 0.897. The maximum absolute atomic E-state index is 11.0. The van der Waals surface area contributed by atoms with Crippen molar-refractivity contribution in [3.63, 3.8) is 0 Å². The first kappa shape index (κ1) is 13.5. The Morgan fingerprint density at radius 2 is 2.29 bits per heavy atom. The van der Waals surface area contributed by atoms with Crippen LogP contribution in [-0.4, -0.2) is 30.3 Å². The third kappa shape index (κ3) is 4.87. The highest BCUT2D eigenvalue weighted by Crippen LogP contribution is 2.12. The van der Waals surface area contributed by atoms with E-state index in [-0.39, 0.29) is 6.61 Å². The van der Waals surface area contributed by atoms with Gasteiger partial charge in [-0.15, -0.1) is 0 Å². The standard InChI is InChI=1S/C13H19NO3/c1-3-7-14-12(13(15)16)9-17-11-6-4-5-10(2)8-11/h4-6,8,12,14H,3,7,9H2,1-2H3,(H,15,16). The first-order valence-corrected chi connectivity index (χ1v) is 5.79. The highest BCUT2D eigenvalue weighted by molar-refractivity contribution is 5.73. The van der Waals surface area contributed by atoms with Crippen molar-refractivity contribution >= 4 is 5.97 Å². The zero-order valence-electron chi connectivity index (χ0n) is 10.3. The minimum Gasteiger partial charge on any atom is -0.491 e. The molecule has 0 radical (unpaired) electrons. The number of hydrogen-bond donors (Lipinski definition) is 2. The lowest BCUT2D eigenvalue weighted by Gasteiger charge is -2.15. The van der Waals surface area contributed by atoms with E-state index in [1.807, 2.05) is 38.1 Å². The molecule has 1 aromatic carbocycles. The van der Waals surface area contributed by atoms with E-state index in [4.69, 9.17) is 9.84 Å². The van der Waals surface area contributed by atoms with E-state index in [0.29, 0.717) is 12.3 Å². The molecule has 4 heteroatoms. The van der Waals surface area contributed by atoms with E-state index in [1.165, 1.54) is 0 Å². The lowest BCUT2D eigenvalue weighted by atomic mass is 10.2. The van der Waals surface area contributed by atoms with Crippen LogP contribution in [0.5, 0.6) is 5.75 Å². The summed E-state index contributed by atoms with van der Waals surface area (Å²) in [5, 5.41) is 11.9. The molecular weight excluding hydrogens is 218 g/mol. The van der Waals surface area contributed by atoms with Gasteiger partial charge in [-0.05, 0) is 37.6 Å². The first-order chi connectivity index (χ1) is 8.13. The lowest BCUT2D eigenvalue weighted by molar-refractivity contribution is -0.140. The number of carbonyl (C=O) groups is 1. The third-order valence-electron chi connectivity index (χ3n) is 2.35. The predicted molar refractivity (Wildman–Crippen MR) is 66.4 cm³/mol. The molecule has 94 valence electrons. The molecule has 0 amide bonds. The lowest BCUT2D eigenvalue weighted by Crippen LogP contribution is -2.41. The summed E-state index contributed by atoms with van der Waals surface area (Å²) in [5.74, 6) is -0.180. The highest BCUT2D eigenvalue weighted by Gasteiger charge is 2.16. The number of carboxylic acid groups (broad SMARTS) is 1. The SMILES string of the molecule is CCCNC(COc1cccc(C)c1)C(=O)O. The van der Waals surface area contributed by atoms with Crippen LogP contribution in [0, 0.1) is 6.92 Å². The summed E-state index contributed by atoms with van der Waals surface area (Å²) in [4.78, 5) is 11.0. The van der Waals surface area contributed by atoms with E-state index in [2.05, 4.69) is 5.32 Å². The van der Waals surface area contributed by atoms with Crippen LogP contribution >= 0.6 is 0 Å². The van der Waals surface area contributed by atoms with Crippen LogP contribution in [0.4, 0.5) is 0 Å². The van der Waals surface area contributed by atoms with Crippen molar-refractivity contribution in [1.29, 1.82) is 0 Å². The van der Waals surface area contributed by atoms with Gasteiger partial charge < -0.3 is 15.2 Å². The van der Waals surface area contributed by atoms with Gasteiger partial charge in [-0.2, -0.15) is 0 Å². The Hall–Kier alpha value is -1.55. The fourth-order valence-corrected chi connectivity index (χ4v) is 1.42. The second-order valence-electron chi connectivity index (χ2n) is 3.97. The first-order valence-electron chi connectivity index (χ1n) is 5.79. The smallest absolute Gasteiger partial charge is 0.324 e. The summed E-state index contributed by atoms with van der Waals surface area (Å²) in [6, 6.07) is 6.91. The molecule has 1 unspecified atom stereocenters. The molecule has 0 aromatic heterocycles. The molecule has 0 saturated carbocycles. The monoisotopic (exact) mass is 237 g/mol. The van der Waals surface area contributed by atoms with Crippen molar-refractivity contribution in [2.45, 2.75) is 26.3 Å². The van der Waals surface area contributed by atoms with Crippen molar-refractivity contribution < 1.29 is 14.6 Å². The average Bonchev–Trinajstić information content (AvgIpc) is 2.28. The number of rotatable bonds is 7. The third-order valence-corrected chi connectivity index (χ3v) is 2.35. The molecule has 1 rings (SSSR count). The van der Waals surface area contributed by atoms with Gasteiger partial charge in [0.2, 0.25) is 0 Å². The van der Waals surface area contributed by atoms with Gasteiger partial charge in [-0.3, -0.25) is 4.79 Å². The van der Waals surface area contributed by atoms with Gasteiger partial charge in [0.15, 0.2) is 0 Å². The molecule has 0 fully saturated rings. The largest absolute Gasteiger partial charge is 0.491 e. The van der Waals surface area contributed by atoms with Crippen molar-refractivity contribution in [3.8, 4) is 5.75 Å². The topological polar surface area (TPSA) is 58.6 Å². The van der Waals surface area contributed by atoms with Crippen LogP contribution in [0.3, 0.4) is 0 Å². The van der Waals surface area contributed by atoms with Crippen molar-refractivity contribution in [1.82, 2.24) is 5.32 Å². The minimum absolute atomic E-state index is 0.138. The minimum atomic E-state index is -0.883. The Kier molecular flexibility index (Phi) is 5.49.